The Balaban J connectivity index is 1.58. The third-order valence-electron chi connectivity index (χ3n) is 3.79. The van der Waals surface area contributed by atoms with E-state index in [1.54, 1.807) is 24.3 Å². The van der Waals surface area contributed by atoms with Gasteiger partial charge in [0.05, 0.1) is 12.2 Å². The van der Waals surface area contributed by atoms with E-state index < -0.39 is 0 Å². The summed E-state index contributed by atoms with van der Waals surface area (Å²) in [5.74, 6) is 0.552. The van der Waals surface area contributed by atoms with Crippen LogP contribution in [0.25, 0.3) is 23.3 Å². The van der Waals surface area contributed by atoms with E-state index in [1.165, 1.54) is 19.3 Å². The monoisotopic (exact) mass is 282 g/mol. The third-order valence-corrected chi connectivity index (χ3v) is 3.79. The van der Waals surface area contributed by atoms with Gasteiger partial charge in [0.25, 0.3) is 0 Å². The largest absolute Gasteiger partial charge is 0.506 e. The van der Waals surface area contributed by atoms with E-state index in [4.69, 9.17) is 4.42 Å². The van der Waals surface area contributed by atoms with Crippen LogP contribution < -0.4 is 0 Å². The van der Waals surface area contributed by atoms with Crippen molar-refractivity contribution >= 4 is 23.3 Å². The Kier molecular flexibility index (Phi) is 2.73. The Hall–Kier alpha value is -2.63. The number of fused-ring (bicyclic) bond motifs is 1. The predicted molar refractivity (Wildman–Crippen MR) is 77.5 cm³/mol. The van der Waals surface area contributed by atoms with Crippen LogP contribution in [0.2, 0.25) is 0 Å². The maximum absolute atomic E-state index is 9.70. The van der Waals surface area contributed by atoms with Gasteiger partial charge in [-0.1, -0.05) is 11.3 Å². The highest BCUT2D eigenvalue weighted by Gasteiger charge is 2.20. The quantitative estimate of drug-likeness (QED) is 0.799. The second kappa shape index (κ2) is 4.73. The maximum Gasteiger partial charge on any atom is 0.220 e. The average molecular weight is 282 g/mol. The summed E-state index contributed by atoms with van der Waals surface area (Å²) in [4.78, 5) is 4.24. The highest BCUT2D eigenvalue weighted by atomic mass is 16.3. The number of hydrogen-bond donors (Lipinski definition) is 1. The molecule has 1 N–H and O–H groups in total. The van der Waals surface area contributed by atoms with Crippen molar-refractivity contribution in [2.45, 2.75) is 25.3 Å². The van der Waals surface area contributed by atoms with Crippen LogP contribution in [0.3, 0.4) is 0 Å². The highest BCUT2D eigenvalue weighted by molar-refractivity contribution is 5.81. The van der Waals surface area contributed by atoms with Crippen LogP contribution >= 0.6 is 0 Å². The van der Waals surface area contributed by atoms with Gasteiger partial charge in [-0.25, -0.2) is 9.67 Å². The van der Waals surface area contributed by atoms with E-state index in [0.29, 0.717) is 23.0 Å². The standard InChI is InChI=1S/C15H14N4O2/c20-12-5-2-6-13-15(12)16-14(21-13)8-7-10-9-19(18-17-10)11-3-1-4-11/h2,5-9,11,20H,1,3-4H2/b8-7+. The molecule has 21 heavy (non-hydrogen) atoms. The van der Waals surface area contributed by atoms with Crippen molar-refractivity contribution in [3.05, 3.63) is 36.0 Å². The molecule has 0 unspecified atom stereocenters. The number of phenols is 1. The fourth-order valence-electron chi connectivity index (χ4n) is 2.38. The minimum atomic E-state index is 0.117. The minimum absolute atomic E-state index is 0.117. The van der Waals surface area contributed by atoms with Gasteiger partial charge in [-0.2, -0.15) is 0 Å². The number of benzene rings is 1. The van der Waals surface area contributed by atoms with Crippen molar-refractivity contribution in [2.24, 2.45) is 0 Å². The van der Waals surface area contributed by atoms with Crippen molar-refractivity contribution in [3.8, 4) is 5.75 Å². The molecule has 2 heterocycles. The molecule has 2 aromatic heterocycles. The zero-order valence-corrected chi connectivity index (χ0v) is 11.3. The van der Waals surface area contributed by atoms with E-state index in [9.17, 15) is 5.11 Å². The molecule has 0 atom stereocenters. The van der Waals surface area contributed by atoms with Gasteiger partial charge in [0.2, 0.25) is 5.89 Å². The lowest BCUT2D eigenvalue weighted by Crippen LogP contribution is -2.17. The first kappa shape index (κ1) is 12.1. The van der Waals surface area contributed by atoms with Gasteiger partial charge in [-0.05, 0) is 37.5 Å². The summed E-state index contributed by atoms with van der Waals surface area (Å²) < 4.78 is 7.46. The highest BCUT2D eigenvalue weighted by Crippen LogP contribution is 2.30. The maximum atomic E-state index is 9.70. The lowest BCUT2D eigenvalue weighted by molar-refractivity contribution is 0.284. The Bertz CT molecular complexity index is 814. The average Bonchev–Trinajstić information content (AvgIpc) is 3.02. The topological polar surface area (TPSA) is 77.0 Å². The van der Waals surface area contributed by atoms with Gasteiger partial charge >= 0.3 is 0 Å². The minimum Gasteiger partial charge on any atom is -0.506 e. The fraction of sp³-hybridized carbons (Fsp3) is 0.267. The summed E-state index contributed by atoms with van der Waals surface area (Å²) in [6.07, 6.45) is 9.09. The number of nitrogens with zero attached hydrogens (tertiary/aromatic N) is 4. The molecule has 0 spiro atoms. The number of phenolic OH excluding ortho intramolecular Hbond substituents is 1. The molecule has 0 amide bonds. The molecule has 1 saturated carbocycles. The molecule has 0 radical (unpaired) electrons. The molecule has 1 aliphatic rings. The molecular formula is C15H14N4O2. The zero-order valence-electron chi connectivity index (χ0n) is 11.3. The molecule has 1 fully saturated rings. The van der Waals surface area contributed by atoms with Crippen molar-refractivity contribution in [2.75, 3.05) is 0 Å². The summed E-state index contributed by atoms with van der Waals surface area (Å²) >= 11 is 0. The van der Waals surface area contributed by atoms with Crippen LogP contribution in [0.15, 0.2) is 28.8 Å². The van der Waals surface area contributed by atoms with E-state index in [0.717, 1.165) is 5.69 Å². The first-order valence-corrected chi connectivity index (χ1v) is 6.98. The SMILES string of the molecule is Oc1cccc2oc(/C=C/c3cn(C4CCC4)nn3)nc12. The van der Waals surface area contributed by atoms with Crippen LogP contribution in [0, 0.1) is 0 Å². The van der Waals surface area contributed by atoms with Crippen LogP contribution in [0.4, 0.5) is 0 Å². The summed E-state index contributed by atoms with van der Waals surface area (Å²) in [6, 6.07) is 5.58. The van der Waals surface area contributed by atoms with Crippen molar-refractivity contribution in [1.29, 1.82) is 0 Å². The number of para-hydroxylation sites is 1. The van der Waals surface area contributed by atoms with Gasteiger partial charge in [0.15, 0.2) is 11.1 Å². The number of aromatic nitrogens is 4. The molecular weight excluding hydrogens is 268 g/mol. The Morgan fingerprint density at radius 2 is 2.19 bits per heavy atom. The van der Waals surface area contributed by atoms with Crippen molar-refractivity contribution in [1.82, 2.24) is 20.0 Å². The van der Waals surface area contributed by atoms with Crippen LogP contribution in [-0.2, 0) is 0 Å². The molecule has 106 valence electrons. The molecule has 6 nitrogen and oxygen atoms in total. The Labute approximate surface area is 120 Å². The molecule has 3 aromatic rings. The smallest absolute Gasteiger partial charge is 0.220 e. The summed E-state index contributed by atoms with van der Waals surface area (Å²) in [5.41, 5.74) is 1.80. The van der Waals surface area contributed by atoms with Gasteiger partial charge in [-0.15, -0.1) is 5.10 Å². The number of oxazole rings is 1. The molecule has 1 aliphatic carbocycles. The molecule has 0 bridgehead atoms. The first-order chi connectivity index (χ1) is 10.3. The van der Waals surface area contributed by atoms with Gasteiger partial charge in [0.1, 0.15) is 11.4 Å². The van der Waals surface area contributed by atoms with Crippen molar-refractivity contribution < 1.29 is 9.52 Å². The number of hydrogen-bond acceptors (Lipinski definition) is 5. The second-order valence-electron chi connectivity index (χ2n) is 5.22. The van der Waals surface area contributed by atoms with Gasteiger partial charge < -0.3 is 9.52 Å². The molecule has 4 rings (SSSR count). The van der Waals surface area contributed by atoms with Crippen LogP contribution in [0.5, 0.6) is 5.75 Å². The molecule has 6 heteroatoms. The Morgan fingerprint density at radius 1 is 1.29 bits per heavy atom. The number of aromatic hydroxyl groups is 1. The first-order valence-electron chi connectivity index (χ1n) is 6.98. The third kappa shape index (κ3) is 2.18. The lowest BCUT2D eigenvalue weighted by atomic mass is 9.93. The van der Waals surface area contributed by atoms with Crippen LogP contribution in [0.1, 0.15) is 36.9 Å². The van der Waals surface area contributed by atoms with E-state index in [-0.39, 0.29) is 5.75 Å². The summed E-state index contributed by atoms with van der Waals surface area (Å²) in [7, 11) is 0. The lowest BCUT2D eigenvalue weighted by Gasteiger charge is -2.24. The predicted octanol–water partition coefficient (Wildman–Crippen LogP) is 3.02. The normalized spacial score (nSPS) is 15.8. The fourth-order valence-corrected chi connectivity index (χ4v) is 2.38. The van der Waals surface area contributed by atoms with Gasteiger partial charge in [-0.3, -0.25) is 0 Å². The van der Waals surface area contributed by atoms with E-state index in [2.05, 4.69) is 15.3 Å². The number of rotatable bonds is 3. The molecule has 0 saturated heterocycles. The van der Waals surface area contributed by atoms with E-state index >= 15 is 0 Å². The van der Waals surface area contributed by atoms with Crippen molar-refractivity contribution in [3.63, 3.8) is 0 Å². The van der Waals surface area contributed by atoms with Gasteiger partial charge in [0, 0.05) is 6.08 Å². The molecule has 1 aromatic carbocycles. The zero-order chi connectivity index (χ0) is 14.2. The summed E-state index contributed by atoms with van der Waals surface area (Å²) in [5, 5.41) is 17.9. The second-order valence-corrected chi connectivity index (χ2v) is 5.22. The van der Waals surface area contributed by atoms with E-state index in [1.807, 2.05) is 17.0 Å². The summed E-state index contributed by atoms with van der Waals surface area (Å²) in [6.45, 7) is 0. The van der Waals surface area contributed by atoms with Crippen LogP contribution in [-0.4, -0.2) is 25.1 Å². The Morgan fingerprint density at radius 3 is 2.95 bits per heavy atom. The molecule has 0 aliphatic heterocycles.